The number of nitrogens with one attached hydrogen (secondary N) is 1. The Kier molecular flexibility index (Phi) is 4.89. The van der Waals surface area contributed by atoms with E-state index < -0.39 is 0 Å². The monoisotopic (exact) mass is 351 g/mol. The van der Waals surface area contributed by atoms with Gasteiger partial charge in [-0.25, -0.2) is 0 Å². The number of hydrogen-bond donors (Lipinski definition) is 1. The molecule has 4 rings (SSSR count). The first kappa shape index (κ1) is 17.0. The third-order valence-electron chi connectivity index (χ3n) is 5.27. The maximum absolute atomic E-state index is 12.1. The van der Waals surface area contributed by atoms with Crippen molar-refractivity contribution < 1.29 is 9.53 Å². The lowest BCUT2D eigenvalue weighted by atomic mass is 10.0. The number of benzene rings is 1. The van der Waals surface area contributed by atoms with Gasteiger partial charge in [-0.15, -0.1) is 0 Å². The average Bonchev–Trinajstić information content (AvgIpc) is 3.45. The van der Waals surface area contributed by atoms with E-state index in [1.807, 2.05) is 18.2 Å². The van der Waals surface area contributed by atoms with E-state index in [0.29, 0.717) is 24.3 Å². The highest BCUT2D eigenvalue weighted by Crippen LogP contribution is 2.32. The van der Waals surface area contributed by atoms with E-state index in [-0.39, 0.29) is 0 Å². The number of likely N-dealkylation sites (tertiary alicyclic amines) is 1. The van der Waals surface area contributed by atoms with Gasteiger partial charge in [0.2, 0.25) is 5.91 Å². The quantitative estimate of drug-likeness (QED) is 0.833. The van der Waals surface area contributed by atoms with E-state index in [1.54, 1.807) is 19.5 Å². The molecule has 0 unspecified atom stereocenters. The van der Waals surface area contributed by atoms with Crippen LogP contribution in [0.3, 0.4) is 0 Å². The Hall–Kier alpha value is -2.40. The van der Waals surface area contributed by atoms with Gasteiger partial charge in [-0.3, -0.25) is 9.78 Å². The summed E-state index contributed by atoms with van der Waals surface area (Å²) >= 11 is 0. The summed E-state index contributed by atoms with van der Waals surface area (Å²) in [5, 5.41) is 3.53. The van der Waals surface area contributed by atoms with Gasteiger partial charge in [0.05, 0.1) is 7.11 Å². The van der Waals surface area contributed by atoms with Crippen LogP contribution < -0.4 is 10.1 Å². The van der Waals surface area contributed by atoms with E-state index in [9.17, 15) is 4.79 Å². The maximum atomic E-state index is 12.1. The first-order valence-corrected chi connectivity index (χ1v) is 9.32. The minimum atomic E-state index is 0.330. The summed E-state index contributed by atoms with van der Waals surface area (Å²) in [5.41, 5.74) is 3.43. The third kappa shape index (κ3) is 3.73. The molecule has 1 atom stereocenters. The average molecular weight is 351 g/mol. The topological polar surface area (TPSA) is 54.5 Å². The first-order valence-electron chi connectivity index (χ1n) is 9.32. The molecule has 0 radical (unpaired) electrons. The van der Waals surface area contributed by atoms with E-state index in [2.05, 4.69) is 27.3 Å². The predicted octanol–water partition coefficient (Wildman–Crippen LogP) is 2.86. The summed E-state index contributed by atoms with van der Waals surface area (Å²) in [4.78, 5) is 18.2. The number of methoxy groups -OCH3 is 1. The molecule has 1 saturated heterocycles. The van der Waals surface area contributed by atoms with Crippen molar-refractivity contribution in [2.24, 2.45) is 5.92 Å². The zero-order valence-corrected chi connectivity index (χ0v) is 15.1. The van der Waals surface area contributed by atoms with Crippen LogP contribution in [0.25, 0.3) is 11.1 Å². The van der Waals surface area contributed by atoms with Crippen molar-refractivity contribution >= 4 is 5.91 Å². The van der Waals surface area contributed by atoms with E-state index >= 15 is 0 Å². The molecule has 1 aromatic heterocycles. The molecule has 1 aliphatic carbocycles. The van der Waals surface area contributed by atoms with Crippen molar-refractivity contribution in [3.63, 3.8) is 0 Å². The van der Waals surface area contributed by atoms with Crippen molar-refractivity contribution in [1.82, 2.24) is 15.2 Å². The van der Waals surface area contributed by atoms with Crippen LogP contribution in [0.2, 0.25) is 0 Å². The van der Waals surface area contributed by atoms with Gasteiger partial charge >= 0.3 is 0 Å². The molecular formula is C21H25N3O2. The summed E-state index contributed by atoms with van der Waals surface area (Å²) in [6.45, 7) is 2.50. The van der Waals surface area contributed by atoms with Gasteiger partial charge in [0.25, 0.3) is 0 Å². The summed E-state index contributed by atoms with van der Waals surface area (Å²) in [5.74, 6) is 1.63. The molecule has 2 heterocycles. The molecule has 2 aromatic rings. The van der Waals surface area contributed by atoms with E-state index in [4.69, 9.17) is 4.74 Å². The molecule has 5 heteroatoms. The Balaban J connectivity index is 1.38. The predicted molar refractivity (Wildman–Crippen MR) is 101 cm³/mol. The number of ether oxygens (including phenoxy) is 1. The molecule has 1 amide bonds. The molecule has 1 aromatic carbocycles. The van der Waals surface area contributed by atoms with Crippen molar-refractivity contribution in [2.75, 3.05) is 20.2 Å². The molecule has 1 saturated carbocycles. The number of aromatic nitrogens is 1. The Labute approximate surface area is 154 Å². The molecular weight excluding hydrogens is 326 g/mol. The summed E-state index contributed by atoms with van der Waals surface area (Å²) in [6, 6.07) is 10.8. The lowest BCUT2D eigenvalue weighted by Gasteiger charge is -2.16. The van der Waals surface area contributed by atoms with Crippen LogP contribution >= 0.6 is 0 Å². The minimum absolute atomic E-state index is 0.330. The largest absolute Gasteiger partial charge is 0.496 e. The highest BCUT2D eigenvalue weighted by atomic mass is 16.5. The number of rotatable bonds is 7. The number of pyridine rings is 1. The second kappa shape index (κ2) is 7.46. The van der Waals surface area contributed by atoms with Crippen LogP contribution in [0, 0.1) is 5.92 Å². The normalized spacial score (nSPS) is 19.8. The van der Waals surface area contributed by atoms with Crippen LogP contribution in [-0.4, -0.2) is 42.0 Å². The van der Waals surface area contributed by atoms with Gasteiger partial charge in [0.1, 0.15) is 5.75 Å². The van der Waals surface area contributed by atoms with Gasteiger partial charge in [-0.2, -0.15) is 0 Å². The van der Waals surface area contributed by atoms with Crippen LogP contribution in [0.4, 0.5) is 0 Å². The standard InChI is InChI=1S/C21H25N3O2/c1-26-20-5-2-17(16-6-8-22-9-7-16)11-18(20)13-23-12-15-10-21(25)24(14-15)19-3-4-19/h2,5-9,11,15,19,23H,3-4,10,12-14H2,1H3/t15-/m1/s1. The second-order valence-electron chi connectivity index (χ2n) is 7.24. The molecule has 0 spiro atoms. The fourth-order valence-electron chi connectivity index (χ4n) is 3.74. The Morgan fingerprint density at radius 2 is 2.00 bits per heavy atom. The molecule has 2 fully saturated rings. The summed E-state index contributed by atoms with van der Waals surface area (Å²) < 4.78 is 5.52. The Bertz CT molecular complexity index is 774. The molecule has 2 aliphatic rings. The molecule has 0 bridgehead atoms. The Morgan fingerprint density at radius 1 is 1.19 bits per heavy atom. The minimum Gasteiger partial charge on any atom is -0.496 e. The van der Waals surface area contributed by atoms with Gasteiger partial charge < -0.3 is 15.0 Å². The highest BCUT2D eigenvalue weighted by molar-refractivity contribution is 5.79. The zero-order valence-electron chi connectivity index (χ0n) is 15.1. The van der Waals surface area contributed by atoms with Gasteiger partial charge in [0, 0.05) is 50.1 Å². The molecule has 136 valence electrons. The SMILES string of the molecule is COc1ccc(-c2ccncc2)cc1CNC[C@H]1CC(=O)N(C2CC2)C1. The van der Waals surface area contributed by atoms with Gasteiger partial charge in [-0.1, -0.05) is 6.07 Å². The number of hydrogen-bond acceptors (Lipinski definition) is 4. The molecule has 5 nitrogen and oxygen atoms in total. The van der Waals surface area contributed by atoms with Crippen molar-refractivity contribution in [3.8, 4) is 16.9 Å². The lowest BCUT2D eigenvalue weighted by molar-refractivity contribution is -0.128. The first-order chi connectivity index (χ1) is 12.7. The fraction of sp³-hybridized carbons (Fsp3) is 0.429. The summed E-state index contributed by atoms with van der Waals surface area (Å²) in [6.07, 6.45) is 6.66. The number of amides is 1. The van der Waals surface area contributed by atoms with E-state index in [0.717, 1.165) is 42.1 Å². The smallest absolute Gasteiger partial charge is 0.223 e. The molecule has 1 N–H and O–H groups in total. The van der Waals surface area contributed by atoms with Crippen LogP contribution in [0.1, 0.15) is 24.8 Å². The highest BCUT2D eigenvalue weighted by Gasteiger charge is 2.38. The van der Waals surface area contributed by atoms with Crippen LogP contribution in [-0.2, 0) is 11.3 Å². The van der Waals surface area contributed by atoms with E-state index in [1.165, 1.54) is 12.8 Å². The number of nitrogens with zero attached hydrogens (tertiary/aromatic N) is 2. The maximum Gasteiger partial charge on any atom is 0.223 e. The molecule has 1 aliphatic heterocycles. The van der Waals surface area contributed by atoms with Gasteiger partial charge in [0.15, 0.2) is 0 Å². The van der Waals surface area contributed by atoms with Gasteiger partial charge in [-0.05, 0) is 54.2 Å². The van der Waals surface area contributed by atoms with Crippen molar-refractivity contribution in [3.05, 3.63) is 48.3 Å². The zero-order chi connectivity index (χ0) is 17.9. The number of carbonyl (C=O) groups is 1. The summed E-state index contributed by atoms with van der Waals surface area (Å²) in [7, 11) is 1.70. The van der Waals surface area contributed by atoms with Crippen molar-refractivity contribution in [1.29, 1.82) is 0 Å². The third-order valence-corrected chi connectivity index (χ3v) is 5.27. The number of carbonyl (C=O) groups excluding carboxylic acids is 1. The lowest BCUT2D eigenvalue weighted by Crippen LogP contribution is -2.29. The molecule has 26 heavy (non-hydrogen) atoms. The second-order valence-corrected chi connectivity index (χ2v) is 7.24. The van der Waals surface area contributed by atoms with Crippen molar-refractivity contribution in [2.45, 2.75) is 31.8 Å². The van der Waals surface area contributed by atoms with Crippen LogP contribution in [0.15, 0.2) is 42.7 Å². The van der Waals surface area contributed by atoms with Crippen LogP contribution in [0.5, 0.6) is 5.75 Å². The Morgan fingerprint density at radius 3 is 2.73 bits per heavy atom. The fourth-order valence-corrected chi connectivity index (χ4v) is 3.74.